The maximum Gasteiger partial charge on any atom is 0.271 e. The van der Waals surface area contributed by atoms with E-state index in [0.717, 1.165) is 49.5 Å². The summed E-state index contributed by atoms with van der Waals surface area (Å²) >= 11 is 0. The van der Waals surface area contributed by atoms with Gasteiger partial charge in [0.15, 0.2) is 11.5 Å². The van der Waals surface area contributed by atoms with Crippen LogP contribution < -0.4 is 21.3 Å². The van der Waals surface area contributed by atoms with Gasteiger partial charge in [0, 0.05) is 30.9 Å². The number of benzene rings is 1. The zero-order valence-electron chi connectivity index (χ0n) is 21.2. The lowest BCUT2D eigenvalue weighted by Crippen LogP contribution is -2.46. The maximum atomic E-state index is 12.1. The van der Waals surface area contributed by atoms with Gasteiger partial charge in [0.25, 0.3) is 5.91 Å². The first-order chi connectivity index (χ1) is 17.6. The van der Waals surface area contributed by atoms with Gasteiger partial charge in [0.05, 0.1) is 6.20 Å². The molecular weight excluding hydrogens is 450 g/mol. The summed E-state index contributed by atoms with van der Waals surface area (Å²) in [5.74, 6) is 2.02. The van der Waals surface area contributed by atoms with E-state index in [1.165, 1.54) is 63.6 Å². The van der Waals surface area contributed by atoms with Gasteiger partial charge in [-0.05, 0) is 87.7 Å². The van der Waals surface area contributed by atoms with Crippen molar-refractivity contribution >= 4 is 23.2 Å². The van der Waals surface area contributed by atoms with Crippen LogP contribution in [0.4, 0.5) is 17.3 Å². The third kappa shape index (κ3) is 4.93. The zero-order valence-corrected chi connectivity index (χ0v) is 21.2. The molecule has 3 aliphatic heterocycles. The van der Waals surface area contributed by atoms with Crippen molar-refractivity contribution in [3.8, 4) is 0 Å². The number of hydrogen-bond donors (Lipinski definition) is 3. The summed E-state index contributed by atoms with van der Waals surface area (Å²) in [7, 11) is 0. The molecule has 8 nitrogen and oxygen atoms in total. The molecule has 0 spiro atoms. The van der Waals surface area contributed by atoms with E-state index in [1.807, 2.05) is 0 Å². The van der Waals surface area contributed by atoms with Crippen molar-refractivity contribution in [3.05, 3.63) is 41.7 Å². The van der Waals surface area contributed by atoms with Gasteiger partial charge in [-0.1, -0.05) is 25.0 Å². The second kappa shape index (κ2) is 10.3. The summed E-state index contributed by atoms with van der Waals surface area (Å²) in [4.78, 5) is 26.3. The molecule has 4 aliphatic rings. The maximum absolute atomic E-state index is 12.1. The molecule has 4 heterocycles. The SMILES string of the molecule is NC(=O)c1ncc(N2CC[C@@H]3CCN[C@H]3C2)nc1Nc1ccc(C2CCN(C3CCCC3)CC2)cc1. The van der Waals surface area contributed by atoms with E-state index in [2.05, 4.69) is 49.7 Å². The number of hydrogen-bond acceptors (Lipinski definition) is 7. The number of nitrogens with two attached hydrogens (primary N) is 1. The summed E-state index contributed by atoms with van der Waals surface area (Å²) in [5, 5.41) is 6.94. The van der Waals surface area contributed by atoms with Crippen LogP contribution in [-0.2, 0) is 0 Å². The highest BCUT2D eigenvalue weighted by atomic mass is 16.1. The highest BCUT2D eigenvalue weighted by Crippen LogP contribution is 2.33. The van der Waals surface area contributed by atoms with Crippen molar-refractivity contribution in [2.45, 2.75) is 69.4 Å². The van der Waals surface area contributed by atoms with Gasteiger partial charge in [0.1, 0.15) is 5.82 Å². The Labute approximate surface area is 214 Å². The Kier molecular flexibility index (Phi) is 6.80. The average molecular weight is 490 g/mol. The molecule has 6 rings (SSSR count). The molecule has 1 aromatic heterocycles. The Morgan fingerprint density at radius 1 is 1.00 bits per heavy atom. The third-order valence-electron chi connectivity index (χ3n) is 9.01. The number of likely N-dealkylation sites (tertiary alicyclic amines) is 1. The van der Waals surface area contributed by atoms with Crippen LogP contribution >= 0.6 is 0 Å². The van der Waals surface area contributed by atoms with Gasteiger partial charge >= 0.3 is 0 Å². The van der Waals surface area contributed by atoms with Crippen LogP contribution in [0.1, 0.15) is 73.3 Å². The quantitative estimate of drug-likeness (QED) is 0.570. The lowest BCUT2D eigenvalue weighted by Gasteiger charge is -2.36. The molecule has 1 aromatic carbocycles. The first-order valence-corrected chi connectivity index (χ1v) is 13.9. The second-order valence-electron chi connectivity index (χ2n) is 11.1. The van der Waals surface area contributed by atoms with E-state index >= 15 is 0 Å². The van der Waals surface area contributed by atoms with Gasteiger partial charge in [0.2, 0.25) is 0 Å². The summed E-state index contributed by atoms with van der Waals surface area (Å²) in [6, 6.07) is 9.95. The number of nitrogens with zero attached hydrogens (tertiary/aromatic N) is 4. The summed E-state index contributed by atoms with van der Waals surface area (Å²) < 4.78 is 0. The van der Waals surface area contributed by atoms with E-state index in [-0.39, 0.29) is 5.69 Å². The van der Waals surface area contributed by atoms with Crippen LogP contribution in [0.25, 0.3) is 0 Å². The standard InChI is InChI=1S/C28H39N7O/c29-27(36)26-28(33-25(17-31-26)35-16-12-21-9-13-30-24(21)18-35)32-22-7-5-19(6-8-22)20-10-14-34(15-11-20)23-3-1-2-4-23/h5-8,17,20-21,23-24,30H,1-4,9-16,18H2,(H2,29,36)(H,32,33)/t21-,24-/m0/s1. The molecule has 0 bridgehead atoms. The van der Waals surface area contributed by atoms with Crippen molar-refractivity contribution in [1.82, 2.24) is 20.2 Å². The van der Waals surface area contributed by atoms with Crippen LogP contribution in [0.2, 0.25) is 0 Å². The number of anilines is 3. The van der Waals surface area contributed by atoms with Crippen molar-refractivity contribution in [2.75, 3.05) is 42.9 Å². The van der Waals surface area contributed by atoms with Crippen molar-refractivity contribution < 1.29 is 4.79 Å². The fraction of sp³-hybridized carbons (Fsp3) is 0.607. The number of primary amides is 1. The zero-order chi connectivity index (χ0) is 24.5. The third-order valence-corrected chi connectivity index (χ3v) is 9.01. The molecule has 4 N–H and O–H groups in total. The molecule has 0 unspecified atom stereocenters. The van der Waals surface area contributed by atoms with Crippen molar-refractivity contribution in [1.29, 1.82) is 0 Å². The van der Waals surface area contributed by atoms with Crippen molar-refractivity contribution in [2.24, 2.45) is 11.7 Å². The topological polar surface area (TPSA) is 99.4 Å². The largest absolute Gasteiger partial charge is 0.364 e. The molecule has 4 fully saturated rings. The van der Waals surface area contributed by atoms with Gasteiger partial charge < -0.3 is 26.2 Å². The molecule has 1 saturated carbocycles. The number of aromatic nitrogens is 2. The van der Waals surface area contributed by atoms with E-state index in [1.54, 1.807) is 6.20 Å². The Hall–Kier alpha value is -2.71. The minimum absolute atomic E-state index is 0.177. The van der Waals surface area contributed by atoms with E-state index < -0.39 is 5.91 Å². The Morgan fingerprint density at radius 2 is 1.78 bits per heavy atom. The van der Waals surface area contributed by atoms with E-state index in [9.17, 15) is 4.79 Å². The molecule has 1 aliphatic carbocycles. The Morgan fingerprint density at radius 3 is 2.53 bits per heavy atom. The van der Waals surface area contributed by atoms with Crippen LogP contribution in [-0.4, -0.2) is 65.6 Å². The Bertz CT molecular complexity index is 1060. The number of nitrogens with one attached hydrogen (secondary N) is 2. The highest BCUT2D eigenvalue weighted by molar-refractivity contribution is 5.96. The molecule has 0 radical (unpaired) electrons. The number of carbonyl (C=O) groups excluding carboxylic acids is 1. The number of carbonyl (C=O) groups is 1. The number of piperidine rings is 2. The second-order valence-corrected chi connectivity index (χ2v) is 11.1. The lowest BCUT2D eigenvalue weighted by molar-refractivity contribution is 0.0996. The lowest BCUT2D eigenvalue weighted by atomic mass is 9.88. The molecule has 3 saturated heterocycles. The molecule has 2 aromatic rings. The smallest absolute Gasteiger partial charge is 0.271 e. The molecule has 1 amide bonds. The van der Waals surface area contributed by atoms with Crippen LogP contribution in [0, 0.1) is 5.92 Å². The van der Waals surface area contributed by atoms with E-state index in [0.29, 0.717) is 17.8 Å². The van der Waals surface area contributed by atoms with Gasteiger partial charge in [-0.2, -0.15) is 0 Å². The predicted octanol–water partition coefficient (Wildman–Crippen LogP) is 3.63. The minimum atomic E-state index is -0.571. The molecule has 192 valence electrons. The normalized spacial score (nSPS) is 25.7. The van der Waals surface area contributed by atoms with Gasteiger partial charge in [-0.3, -0.25) is 4.79 Å². The molecule has 2 atom stereocenters. The monoisotopic (exact) mass is 489 g/mol. The summed E-state index contributed by atoms with van der Waals surface area (Å²) in [6.07, 6.45) is 12.1. The predicted molar refractivity (Wildman–Crippen MR) is 143 cm³/mol. The number of rotatable bonds is 6. The average Bonchev–Trinajstić information content (AvgIpc) is 3.61. The molecular formula is C28H39N7O. The van der Waals surface area contributed by atoms with Crippen LogP contribution in [0.15, 0.2) is 30.5 Å². The first-order valence-electron chi connectivity index (χ1n) is 13.9. The number of fused-ring (bicyclic) bond motifs is 1. The minimum Gasteiger partial charge on any atom is -0.364 e. The number of amides is 1. The van der Waals surface area contributed by atoms with E-state index in [4.69, 9.17) is 10.7 Å². The molecule has 36 heavy (non-hydrogen) atoms. The fourth-order valence-electron chi connectivity index (χ4n) is 6.88. The summed E-state index contributed by atoms with van der Waals surface area (Å²) in [5.41, 5.74) is 8.11. The molecule has 8 heteroatoms. The van der Waals surface area contributed by atoms with Crippen LogP contribution in [0.5, 0.6) is 0 Å². The highest BCUT2D eigenvalue weighted by Gasteiger charge is 2.33. The van der Waals surface area contributed by atoms with Crippen molar-refractivity contribution in [3.63, 3.8) is 0 Å². The van der Waals surface area contributed by atoms with Gasteiger partial charge in [-0.15, -0.1) is 0 Å². The Balaban J connectivity index is 1.13. The summed E-state index contributed by atoms with van der Waals surface area (Å²) in [6.45, 7) is 5.41. The first kappa shape index (κ1) is 23.7. The van der Waals surface area contributed by atoms with Crippen LogP contribution in [0.3, 0.4) is 0 Å². The van der Waals surface area contributed by atoms with Gasteiger partial charge in [-0.25, -0.2) is 9.97 Å². The fourth-order valence-corrected chi connectivity index (χ4v) is 6.88.